The Bertz CT molecular complexity index is 1710. The number of anilines is 3. The van der Waals surface area contributed by atoms with Gasteiger partial charge in [-0.25, -0.2) is 12.6 Å². The number of sulfonamides is 1. The van der Waals surface area contributed by atoms with E-state index in [0.29, 0.717) is 15.8 Å². The number of rotatable bonds is 7. The fourth-order valence-electron chi connectivity index (χ4n) is 3.44. The van der Waals surface area contributed by atoms with Gasteiger partial charge in [0.1, 0.15) is 0 Å². The highest BCUT2D eigenvalue weighted by molar-refractivity contribution is 8.01. The topological polar surface area (TPSA) is 101 Å². The minimum Gasteiger partial charge on any atom is -0.378 e. The van der Waals surface area contributed by atoms with Crippen LogP contribution in [0.25, 0.3) is 10.9 Å². The van der Waals surface area contributed by atoms with E-state index in [9.17, 15) is 17.4 Å². The van der Waals surface area contributed by atoms with Crippen LogP contribution in [0.5, 0.6) is 0 Å². The van der Waals surface area contributed by atoms with Crippen molar-refractivity contribution in [2.45, 2.75) is 9.79 Å². The van der Waals surface area contributed by atoms with Gasteiger partial charge in [0.05, 0.1) is 41.8 Å². The lowest BCUT2D eigenvalue weighted by atomic mass is 10.2. The zero-order valence-electron chi connectivity index (χ0n) is 19.1. The molecule has 0 radical (unpaired) electrons. The lowest BCUT2D eigenvalue weighted by Crippen LogP contribution is -2.18. The van der Waals surface area contributed by atoms with Crippen LogP contribution in [0.3, 0.4) is 0 Å². The smallest absolute Gasteiger partial charge is 0.261 e. The molecule has 0 saturated heterocycles. The molecule has 4 aromatic rings. The average molecular weight is 551 g/mol. The molecule has 0 aliphatic heterocycles. The van der Waals surface area contributed by atoms with Crippen LogP contribution in [0.4, 0.5) is 17.1 Å². The maximum absolute atomic E-state index is 13.5. The predicted octanol–water partition coefficient (Wildman–Crippen LogP) is 4.22. The second kappa shape index (κ2) is 9.23. The van der Waals surface area contributed by atoms with Crippen molar-refractivity contribution < 1.29 is 12.6 Å². The Morgan fingerprint density at radius 2 is 1.69 bits per heavy atom. The van der Waals surface area contributed by atoms with Gasteiger partial charge in [0.25, 0.3) is 14.8 Å². The number of halogens is 1. The summed E-state index contributed by atoms with van der Waals surface area (Å²) < 4.78 is 46.7. The predicted molar refractivity (Wildman–Crippen MR) is 147 cm³/mol. The number of nitrogens with zero attached hydrogens (tertiary/aromatic N) is 2. The van der Waals surface area contributed by atoms with Crippen LogP contribution in [-0.2, 0) is 26.8 Å². The highest BCUT2D eigenvalue weighted by Gasteiger charge is 2.20. The molecule has 0 bridgehead atoms. The standard InChI is InChI=1S/C23H23ClN4O4S3/c1-27(2)16-6-5-7-17(13-16)34(4,30)25-20-10-8-15(24)12-21(20)26-35(31,32)18-9-11-22-19(14-18)23(29)33-28(22)3/h5-14,26H,4H2,1-3H3,(H,25,30). The summed E-state index contributed by atoms with van der Waals surface area (Å²) in [7, 11) is -1.69. The molecule has 4 rings (SSSR count). The van der Waals surface area contributed by atoms with Crippen LogP contribution in [0.1, 0.15) is 0 Å². The van der Waals surface area contributed by atoms with Gasteiger partial charge in [0.15, 0.2) is 0 Å². The first-order valence-electron chi connectivity index (χ1n) is 10.2. The second-order valence-corrected chi connectivity index (χ2v) is 13.3. The first-order chi connectivity index (χ1) is 16.4. The summed E-state index contributed by atoms with van der Waals surface area (Å²) >= 11 is 7.13. The molecule has 1 unspecified atom stereocenters. The Balaban J connectivity index is 1.70. The maximum Gasteiger partial charge on any atom is 0.261 e. The molecule has 2 N–H and O–H groups in total. The molecule has 3 aromatic carbocycles. The van der Waals surface area contributed by atoms with Gasteiger partial charge in [0.2, 0.25) is 0 Å². The molecule has 1 heterocycles. The van der Waals surface area contributed by atoms with E-state index in [2.05, 4.69) is 15.3 Å². The zero-order chi connectivity index (χ0) is 25.5. The Morgan fingerprint density at radius 3 is 2.40 bits per heavy atom. The molecular formula is C23H23ClN4O4S3. The van der Waals surface area contributed by atoms with Crippen LogP contribution in [0, 0.1) is 0 Å². The molecule has 0 amide bonds. The van der Waals surface area contributed by atoms with Gasteiger partial charge >= 0.3 is 0 Å². The molecule has 0 spiro atoms. The molecule has 0 fully saturated rings. The lowest BCUT2D eigenvalue weighted by molar-refractivity contribution is 0.601. The van der Waals surface area contributed by atoms with Crippen molar-refractivity contribution in [2.75, 3.05) is 28.4 Å². The number of hydrogen-bond acceptors (Lipinski definition) is 6. The van der Waals surface area contributed by atoms with Crippen molar-refractivity contribution in [2.24, 2.45) is 7.05 Å². The highest BCUT2D eigenvalue weighted by Crippen LogP contribution is 2.31. The molecule has 0 aliphatic carbocycles. The molecule has 8 nitrogen and oxygen atoms in total. The Morgan fingerprint density at radius 1 is 0.943 bits per heavy atom. The maximum atomic E-state index is 13.5. The second-order valence-electron chi connectivity index (χ2n) is 8.02. The van der Waals surface area contributed by atoms with E-state index in [4.69, 9.17) is 11.6 Å². The van der Waals surface area contributed by atoms with E-state index in [1.54, 1.807) is 41.3 Å². The third-order valence-electron chi connectivity index (χ3n) is 5.27. The summed E-state index contributed by atoms with van der Waals surface area (Å²) in [4.78, 5) is 14.4. The van der Waals surface area contributed by atoms with E-state index in [0.717, 1.165) is 17.2 Å². The quantitative estimate of drug-likeness (QED) is 0.336. The van der Waals surface area contributed by atoms with Gasteiger partial charge in [-0.3, -0.25) is 13.5 Å². The van der Waals surface area contributed by atoms with E-state index in [1.807, 2.05) is 25.1 Å². The molecule has 12 heteroatoms. The molecule has 35 heavy (non-hydrogen) atoms. The number of aromatic nitrogens is 1. The van der Waals surface area contributed by atoms with E-state index < -0.39 is 19.7 Å². The van der Waals surface area contributed by atoms with Gasteiger partial charge in [0, 0.05) is 31.9 Å². The Labute approximate surface area is 213 Å². The Hall–Kier alpha value is -2.99. The van der Waals surface area contributed by atoms with Crippen molar-refractivity contribution in [1.82, 2.24) is 3.96 Å². The van der Waals surface area contributed by atoms with Crippen LogP contribution in [0.2, 0.25) is 5.02 Å². The minimum absolute atomic E-state index is 0.0829. The number of benzene rings is 3. The molecule has 1 atom stereocenters. The van der Waals surface area contributed by atoms with Gasteiger partial charge in [-0.15, -0.1) is 0 Å². The van der Waals surface area contributed by atoms with Gasteiger partial charge < -0.3 is 9.62 Å². The molecule has 1 aromatic heterocycles. The summed E-state index contributed by atoms with van der Waals surface area (Å²) in [6.07, 6.45) is 0. The zero-order valence-corrected chi connectivity index (χ0v) is 22.3. The van der Waals surface area contributed by atoms with Gasteiger partial charge in [-0.2, -0.15) is 0 Å². The number of hydrogen-bond donors (Lipinski definition) is 2. The van der Waals surface area contributed by atoms with Gasteiger partial charge in [-0.05, 0) is 72.0 Å². The van der Waals surface area contributed by atoms with Crippen LogP contribution in [-0.4, -0.2) is 36.5 Å². The van der Waals surface area contributed by atoms with Crippen molar-refractivity contribution in [3.8, 4) is 0 Å². The largest absolute Gasteiger partial charge is 0.378 e. The fraction of sp³-hybridized carbons (Fsp3) is 0.130. The first kappa shape index (κ1) is 25.1. The third kappa shape index (κ3) is 5.18. The SMILES string of the molecule is C=S(=O)(Nc1ccc(Cl)cc1NS(=O)(=O)c1ccc2c(c1)c(=O)sn2C)c1cccc(N(C)C)c1. The van der Waals surface area contributed by atoms with Crippen LogP contribution >= 0.6 is 23.1 Å². The fourth-order valence-corrected chi connectivity index (χ4v) is 6.74. The summed E-state index contributed by atoms with van der Waals surface area (Å²) in [6, 6.07) is 15.9. The van der Waals surface area contributed by atoms with Crippen LogP contribution < -0.4 is 19.1 Å². The van der Waals surface area contributed by atoms with Crippen LogP contribution in [0.15, 0.2) is 75.2 Å². The molecule has 0 aliphatic rings. The summed E-state index contributed by atoms with van der Waals surface area (Å²) in [6.45, 7) is 0. The minimum atomic E-state index is -4.10. The van der Waals surface area contributed by atoms with Crippen molar-refractivity contribution in [1.29, 1.82) is 0 Å². The Kier molecular flexibility index (Phi) is 6.62. The van der Waals surface area contributed by atoms with E-state index in [-0.39, 0.29) is 26.0 Å². The molecular weight excluding hydrogens is 528 g/mol. The monoisotopic (exact) mass is 550 g/mol. The van der Waals surface area contributed by atoms with E-state index in [1.165, 1.54) is 24.3 Å². The molecule has 184 valence electrons. The third-order valence-corrected chi connectivity index (χ3v) is 9.29. The van der Waals surface area contributed by atoms with E-state index >= 15 is 0 Å². The van der Waals surface area contributed by atoms with Crippen molar-refractivity contribution in [3.05, 3.63) is 75.2 Å². The normalized spacial score (nSPS) is 13.4. The summed E-state index contributed by atoms with van der Waals surface area (Å²) in [5.74, 6) is 3.85. The number of aryl methyl sites for hydroxylation is 1. The van der Waals surface area contributed by atoms with Gasteiger partial charge in [-0.1, -0.05) is 17.7 Å². The lowest BCUT2D eigenvalue weighted by Gasteiger charge is -2.19. The number of nitrogens with one attached hydrogen (secondary N) is 2. The first-order valence-corrected chi connectivity index (χ1v) is 14.6. The number of fused-ring (bicyclic) bond motifs is 1. The van der Waals surface area contributed by atoms with Crippen molar-refractivity contribution >= 4 is 76.7 Å². The summed E-state index contributed by atoms with van der Waals surface area (Å²) in [5, 5.41) is 0.590. The highest BCUT2D eigenvalue weighted by atomic mass is 35.5. The van der Waals surface area contributed by atoms with Crippen molar-refractivity contribution in [3.63, 3.8) is 0 Å². The molecule has 0 saturated carbocycles. The average Bonchev–Trinajstić information content (AvgIpc) is 3.08. The summed E-state index contributed by atoms with van der Waals surface area (Å²) in [5.41, 5.74) is 1.81.